The van der Waals surface area contributed by atoms with E-state index in [0.717, 1.165) is 52.9 Å². The quantitative estimate of drug-likeness (QED) is 0.00677. The third-order valence-corrected chi connectivity index (χ3v) is 22.3. The van der Waals surface area contributed by atoms with Crippen LogP contribution in [-0.4, -0.2) is 207 Å². The summed E-state index contributed by atoms with van der Waals surface area (Å²) in [4.78, 5) is 136. The summed E-state index contributed by atoms with van der Waals surface area (Å²) in [5.41, 5.74) is -7.49. The van der Waals surface area contributed by atoms with Crippen LogP contribution in [0, 0.1) is 47.1 Å². The van der Waals surface area contributed by atoms with Crippen molar-refractivity contribution in [2.24, 2.45) is 16.7 Å². The van der Waals surface area contributed by atoms with E-state index in [1.54, 1.807) is 17.7 Å². The summed E-state index contributed by atoms with van der Waals surface area (Å²) in [6.07, 6.45) is -9.77. The molecule has 1 aliphatic carbocycles. The topological polar surface area (TPSA) is 337 Å². The zero-order valence-corrected chi connectivity index (χ0v) is 65.4. The Balaban J connectivity index is 1.09. The first-order valence-electron chi connectivity index (χ1n) is 36.9. The van der Waals surface area contributed by atoms with Gasteiger partial charge in [-0.3, -0.25) is 39.3 Å². The van der Waals surface area contributed by atoms with Gasteiger partial charge in [0.1, 0.15) is 41.6 Å². The van der Waals surface area contributed by atoms with Crippen molar-refractivity contribution in [2.45, 2.75) is 198 Å². The second-order valence-corrected chi connectivity index (χ2v) is 32.3. The first-order valence-corrected chi connectivity index (χ1v) is 38.4. The first kappa shape index (κ1) is 87.7. The van der Waals surface area contributed by atoms with Crippen molar-refractivity contribution >= 4 is 55.6 Å². The molecule has 5 fully saturated rings. The molecule has 115 heavy (non-hydrogen) atoms. The average Bonchev–Trinajstić information content (AvgIpc) is 1.58. The molecular weight excluding hydrogens is 1560 g/mol. The summed E-state index contributed by atoms with van der Waals surface area (Å²) in [6, 6.07) is 2.51. The van der Waals surface area contributed by atoms with Crippen LogP contribution in [0.1, 0.15) is 138 Å². The minimum absolute atomic E-state index is 0.0126. The monoisotopic (exact) mass is 1650 g/mol. The number of alkyl halides is 8. The van der Waals surface area contributed by atoms with Gasteiger partial charge in [-0.15, -0.1) is 0 Å². The molecule has 28 nitrogen and oxygen atoms in total. The van der Waals surface area contributed by atoms with Gasteiger partial charge in [0, 0.05) is 84.0 Å². The number of nitrogens with one attached hydrogen (secondary N) is 4. The molecule has 10 rings (SSSR count). The lowest BCUT2D eigenvalue weighted by Crippen LogP contribution is -2.64. The van der Waals surface area contributed by atoms with Crippen LogP contribution in [0.3, 0.4) is 0 Å². The molecular formula is C76H91F10N12O16P. The van der Waals surface area contributed by atoms with Gasteiger partial charge in [-0.2, -0.15) is 40.2 Å². The number of anilines is 1. The lowest BCUT2D eigenvalue weighted by atomic mass is 9.77. The fourth-order valence-electron chi connectivity index (χ4n) is 15.7. The van der Waals surface area contributed by atoms with Gasteiger partial charge in [-0.1, -0.05) is 56.7 Å². The SMILES string of the molecule is COC(=O)N[C@H](C(=O)N[C@@H](Cc1ccc(C#Cc2cnc(N3CC4CCC(C3)N4C3COC3)nc2)cc1)[C@H](CN(Cc1c(F)cc(-c2ccn(C(F)F)n2)cc1F)NC(=O)[C@@H](NC(=O)OC)C(C)(C)C(F)(F)F)OC(=O)CC(C)(C)c1c(CC(=O)N2[C@H](C(=O)OC)C[C@@H]3CCCC[C@@H]32)cc(C)cc1OP(=O)(O)O)C(C)(C)C(F)(F)F. The number of alkyl carbamates (subject to hydrolysis) is 2. The normalized spacial score (nSPS) is 19.9. The zero-order chi connectivity index (χ0) is 84.2. The number of aryl methyl sites for hydroxylation is 1. The van der Waals surface area contributed by atoms with E-state index in [1.807, 2.05) is 5.32 Å². The van der Waals surface area contributed by atoms with Crippen LogP contribution in [0.25, 0.3) is 11.3 Å². The van der Waals surface area contributed by atoms with Gasteiger partial charge < -0.3 is 54.0 Å². The van der Waals surface area contributed by atoms with Crippen molar-refractivity contribution in [3.05, 3.63) is 124 Å². The summed E-state index contributed by atoms with van der Waals surface area (Å²) in [6.45, 7) is 3.05. The minimum atomic E-state index is -5.59. The maximum atomic E-state index is 17.0. The lowest BCUT2D eigenvalue weighted by molar-refractivity contribution is -0.221. The van der Waals surface area contributed by atoms with E-state index >= 15 is 44.7 Å². The number of hydrogen-bond acceptors (Lipinski definition) is 20. The molecule has 3 aromatic carbocycles. The number of amides is 5. The first-order chi connectivity index (χ1) is 53.9. The molecule has 1 saturated carbocycles. The van der Waals surface area contributed by atoms with Gasteiger partial charge in [0.2, 0.25) is 17.8 Å². The third-order valence-electron chi connectivity index (χ3n) is 21.9. The van der Waals surface area contributed by atoms with Gasteiger partial charge in [0.15, 0.2) is 0 Å². The fraction of sp³-hybridized carbons (Fsp3) is 0.553. The number of halogens is 10. The number of phosphoric acid groups is 1. The number of likely N-dealkylation sites (tertiary alicyclic amines) is 1. The van der Waals surface area contributed by atoms with E-state index in [1.165, 1.54) is 62.1 Å². The van der Waals surface area contributed by atoms with Crippen LogP contribution in [0.2, 0.25) is 0 Å². The molecule has 5 aliphatic rings. The molecule has 4 aliphatic heterocycles. The Morgan fingerprint density at radius 3 is 1.86 bits per heavy atom. The maximum Gasteiger partial charge on any atom is 0.524 e. The second kappa shape index (κ2) is 35.4. The van der Waals surface area contributed by atoms with Crippen molar-refractivity contribution in [1.82, 2.24) is 55.9 Å². The zero-order valence-electron chi connectivity index (χ0n) is 64.5. The molecule has 9 atom stereocenters. The molecule has 5 aromatic rings. The van der Waals surface area contributed by atoms with Crippen molar-refractivity contribution in [2.75, 3.05) is 59.1 Å². The number of aromatic nitrogens is 4. The molecule has 39 heteroatoms. The van der Waals surface area contributed by atoms with E-state index in [9.17, 15) is 47.1 Å². The molecule has 5 amide bonds. The fourth-order valence-corrected chi connectivity index (χ4v) is 16.1. The Morgan fingerprint density at radius 1 is 0.739 bits per heavy atom. The summed E-state index contributed by atoms with van der Waals surface area (Å²) >= 11 is 0. The Hall–Kier alpha value is -9.67. The van der Waals surface area contributed by atoms with Crippen LogP contribution in [0.5, 0.6) is 5.75 Å². The number of esters is 2. The number of hydrogen-bond donors (Lipinski definition) is 6. The molecule has 626 valence electrons. The molecule has 6 heterocycles. The minimum Gasteiger partial charge on any atom is -0.467 e. The second-order valence-electron chi connectivity index (χ2n) is 31.1. The number of phosphoric ester groups is 1. The summed E-state index contributed by atoms with van der Waals surface area (Å²) in [5.74, 6) is -3.67. The Labute approximate surface area is 655 Å². The van der Waals surface area contributed by atoms with Crippen LogP contribution < -0.4 is 30.8 Å². The molecule has 0 spiro atoms. The molecule has 2 bridgehead atoms. The molecule has 4 saturated heterocycles. The van der Waals surface area contributed by atoms with Crippen molar-refractivity contribution in [3.63, 3.8) is 0 Å². The predicted octanol–water partition coefficient (Wildman–Crippen LogP) is 9.59. The van der Waals surface area contributed by atoms with Crippen LogP contribution in [0.4, 0.5) is 59.4 Å². The Morgan fingerprint density at radius 2 is 1.32 bits per heavy atom. The molecule has 6 N–H and O–H groups in total. The standard InChI is InChI=1S/C76H91F10N12O16P/c1-41-25-47(31-60(99)98-56-14-12-11-13-45(56)30-57(98)67(103)109-8)62(58(26-41)114-115(106,107)108)72(2,3)32-61(100)113-59(38-95(93-66(102)64(91-71(105)111-10)74(6,7)76(84,85)86)37-51-52(77)28-46(29-53(51)78)54-23-24-96(92-54)68(79)80)55(89-65(101)63(90-70(104)110-9)73(4,5)75(81,82)83)27-43-18-15-42(16-19-43)17-20-44-33-87-69(88-34-44)94-35-48-21-22-49(36-94)97(48)50-39-112-40-50/h15-16,18-19,23-26,28-29,33-34,45,48-50,55-57,59,63-64,68H,11-14,21-22,27,30-32,35-40H2,1-10H3,(H,89,101)(H,90,104)(H,91,105)(H,93,102)(H2,106,107,108)/t45-,48?,49?,55-,56-,57-,59-,63+,64+/m0/s1. The highest BCUT2D eigenvalue weighted by Gasteiger charge is 2.58. The highest BCUT2D eigenvalue weighted by atomic mass is 31.2. The number of fused-ring (bicyclic) bond motifs is 3. The predicted molar refractivity (Wildman–Crippen MR) is 389 cm³/mol. The highest BCUT2D eigenvalue weighted by Crippen LogP contribution is 2.48. The number of hydrazine groups is 1. The van der Waals surface area contributed by atoms with Gasteiger partial charge in [-0.25, -0.2) is 47.4 Å². The van der Waals surface area contributed by atoms with Crippen LogP contribution in [0.15, 0.2) is 73.2 Å². The number of methoxy groups -OCH3 is 3. The smallest absolute Gasteiger partial charge is 0.467 e. The van der Waals surface area contributed by atoms with E-state index < -0.39 is 188 Å². The van der Waals surface area contributed by atoms with Crippen molar-refractivity contribution in [3.8, 4) is 28.8 Å². The largest absolute Gasteiger partial charge is 0.524 e. The van der Waals surface area contributed by atoms with Crippen molar-refractivity contribution in [1.29, 1.82) is 0 Å². The van der Waals surface area contributed by atoms with Gasteiger partial charge in [-0.05, 0) is 132 Å². The number of piperazine rings is 1. The average molecular weight is 1650 g/mol. The number of ether oxygens (including phenoxy) is 5. The Bertz CT molecular complexity index is 4480. The number of carbonyl (C=O) groups is 7. The molecule has 2 aromatic heterocycles. The van der Waals surface area contributed by atoms with E-state index in [4.69, 9.17) is 18.7 Å². The van der Waals surface area contributed by atoms with Gasteiger partial charge in [0.05, 0.1) is 88.1 Å². The molecule has 2 unspecified atom stereocenters. The van der Waals surface area contributed by atoms with E-state index in [-0.39, 0.29) is 39.3 Å². The highest BCUT2D eigenvalue weighted by molar-refractivity contribution is 7.46. The van der Waals surface area contributed by atoms with Gasteiger partial charge in [0.25, 0.3) is 5.91 Å². The van der Waals surface area contributed by atoms with Crippen LogP contribution >= 0.6 is 7.82 Å². The van der Waals surface area contributed by atoms with E-state index in [2.05, 4.69) is 56.9 Å². The number of rotatable bonds is 28. The van der Waals surface area contributed by atoms with E-state index in [0.29, 0.717) is 126 Å². The summed E-state index contributed by atoms with van der Waals surface area (Å²) in [5, 5.41) is 10.2. The molecule has 0 radical (unpaired) electrons. The third kappa shape index (κ3) is 20.6. The number of carbonyl (C=O) groups excluding carboxylic acids is 7. The summed E-state index contributed by atoms with van der Waals surface area (Å²) in [7, 11) is -2.93. The van der Waals surface area contributed by atoms with Gasteiger partial charge >= 0.3 is 50.8 Å². The maximum absolute atomic E-state index is 17.0. The van der Waals surface area contributed by atoms with Crippen molar-refractivity contribution < 1.29 is 120 Å². The summed E-state index contributed by atoms with van der Waals surface area (Å²) < 4.78 is 198. The lowest BCUT2D eigenvalue weighted by Gasteiger charge is -2.47. The number of nitrogens with zero attached hydrogens (tertiary/aromatic N) is 8. The number of benzene rings is 3. The van der Waals surface area contributed by atoms with Crippen LogP contribution in [-0.2, 0) is 77.0 Å². The Kier molecular flexibility index (Phi) is 27.0.